The highest BCUT2D eigenvalue weighted by molar-refractivity contribution is 9.10. The van der Waals surface area contributed by atoms with Crippen LogP contribution in [0.1, 0.15) is 11.6 Å². The van der Waals surface area contributed by atoms with Gasteiger partial charge in [-0.1, -0.05) is 0 Å². The minimum absolute atomic E-state index is 0.167. The molecule has 3 heterocycles. The lowest BCUT2D eigenvalue weighted by Gasteiger charge is -2.10. The van der Waals surface area contributed by atoms with Gasteiger partial charge in [0, 0.05) is 6.20 Å². The van der Waals surface area contributed by atoms with Crippen molar-refractivity contribution in [2.75, 3.05) is 5.43 Å². The van der Waals surface area contributed by atoms with Crippen LogP contribution < -0.4 is 16.8 Å². The molecule has 0 saturated carbocycles. The van der Waals surface area contributed by atoms with Gasteiger partial charge in [0.15, 0.2) is 11.6 Å². The molecular weight excluding hydrogens is 356 g/mol. The van der Waals surface area contributed by atoms with Gasteiger partial charge < -0.3 is 5.43 Å². The third-order valence-corrected chi connectivity index (χ3v) is 4.36. The Labute approximate surface area is 132 Å². The molecule has 3 aromatic rings. The van der Waals surface area contributed by atoms with Crippen molar-refractivity contribution in [1.29, 1.82) is 0 Å². The quantitative estimate of drug-likeness (QED) is 0.540. The third kappa shape index (κ3) is 2.55. The van der Waals surface area contributed by atoms with Crippen molar-refractivity contribution in [2.45, 2.75) is 13.5 Å². The minimum Gasteiger partial charge on any atom is -0.308 e. The smallest absolute Gasteiger partial charge is 0.268 e. The summed E-state index contributed by atoms with van der Waals surface area (Å²) in [5.74, 6) is 7.14. The van der Waals surface area contributed by atoms with Crippen LogP contribution in [0.3, 0.4) is 0 Å². The number of aryl methyl sites for hydroxylation is 1. The van der Waals surface area contributed by atoms with Crippen LogP contribution in [0, 0.1) is 6.92 Å². The molecule has 3 aromatic heterocycles. The molecule has 0 bridgehead atoms. The van der Waals surface area contributed by atoms with E-state index in [4.69, 9.17) is 5.84 Å². The topological polar surface area (TPSA) is 98.7 Å². The van der Waals surface area contributed by atoms with Gasteiger partial charge in [-0.15, -0.1) is 11.3 Å². The summed E-state index contributed by atoms with van der Waals surface area (Å²) in [6, 6.07) is 1.90. The van der Waals surface area contributed by atoms with E-state index in [-0.39, 0.29) is 12.1 Å². The molecule has 7 nitrogen and oxygen atoms in total. The average Bonchev–Trinajstić information content (AvgIpc) is 2.95. The van der Waals surface area contributed by atoms with E-state index in [0.29, 0.717) is 21.9 Å². The van der Waals surface area contributed by atoms with Crippen molar-refractivity contribution in [3.63, 3.8) is 0 Å². The summed E-state index contributed by atoms with van der Waals surface area (Å²) in [4.78, 5) is 25.9. The Bertz CT molecular complexity index is 874. The fourth-order valence-corrected chi connectivity index (χ4v) is 3.06. The normalized spacial score (nSPS) is 11.0. The van der Waals surface area contributed by atoms with Crippen LogP contribution >= 0.6 is 27.3 Å². The molecule has 0 atom stereocenters. The highest BCUT2D eigenvalue weighted by Gasteiger charge is 2.11. The number of nitrogens with two attached hydrogens (primary N) is 1. The molecule has 0 saturated heterocycles. The Balaban J connectivity index is 2.10. The van der Waals surface area contributed by atoms with Gasteiger partial charge in [-0.25, -0.2) is 20.8 Å². The second kappa shape index (κ2) is 5.51. The number of nitrogen functional groups attached to an aromatic ring is 1. The van der Waals surface area contributed by atoms with Crippen LogP contribution in [0.4, 0.5) is 5.82 Å². The van der Waals surface area contributed by atoms with Crippen LogP contribution in [0.15, 0.2) is 26.9 Å². The van der Waals surface area contributed by atoms with E-state index >= 15 is 0 Å². The first-order valence-electron chi connectivity index (χ1n) is 6.03. The standard InChI is InChI=1S/C12H11BrN6OS/c1-6-15-4-8(13)12(20)19(6)5-9-16-10(18-14)7-2-3-21-11(7)17-9/h2-4H,5,14H2,1H3,(H,16,17,18). The zero-order chi connectivity index (χ0) is 15.0. The van der Waals surface area contributed by atoms with E-state index in [0.717, 1.165) is 10.2 Å². The van der Waals surface area contributed by atoms with Gasteiger partial charge in [0.25, 0.3) is 5.56 Å². The van der Waals surface area contributed by atoms with Crippen LogP contribution in [-0.4, -0.2) is 19.5 Å². The number of thiophene rings is 1. The van der Waals surface area contributed by atoms with Crippen molar-refractivity contribution in [2.24, 2.45) is 5.84 Å². The van der Waals surface area contributed by atoms with Crippen LogP contribution in [0.25, 0.3) is 10.2 Å². The van der Waals surface area contributed by atoms with Crippen molar-refractivity contribution in [1.82, 2.24) is 19.5 Å². The van der Waals surface area contributed by atoms with Crippen LogP contribution in [0.2, 0.25) is 0 Å². The van der Waals surface area contributed by atoms with Gasteiger partial charge in [0.1, 0.15) is 15.1 Å². The molecule has 0 unspecified atom stereocenters. The molecule has 3 N–H and O–H groups in total. The Hall–Kier alpha value is -1.84. The number of rotatable bonds is 3. The van der Waals surface area contributed by atoms with Gasteiger partial charge in [0.2, 0.25) is 0 Å². The Morgan fingerprint density at radius 1 is 1.48 bits per heavy atom. The molecule has 0 radical (unpaired) electrons. The molecule has 0 aliphatic rings. The number of anilines is 1. The van der Waals surface area contributed by atoms with Crippen LogP contribution in [-0.2, 0) is 6.54 Å². The van der Waals surface area contributed by atoms with E-state index in [1.54, 1.807) is 6.92 Å². The summed E-state index contributed by atoms with van der Waals surface area (Å²) >= 11 is 4.68. The molecule has 0 fully saturated rings. The lowest BCUT2D eigenvalue weighted by molar-refractivity contribution is 0.668. The predicted octanol–water partition coefficient (Wildman–Crippen LogP) is 1.65. The fraction of sp³-hybridized carbons (Fsp3) is 0.167. The number of nitrogens with one attached hydrogen (secondary N) is 1. The van der Waals surface area contributed by atoms with Crippen molar-refractivity contribution < 1.29 is 0 Å². The number of hydrazine groups is 1. The largest absolute Gasteiger partial charge is 0.308 e. The van der Waals surface area contributed by atoms with Crippen molar-refractivity contribution in [3.8, 4) is 0 Å². The Morgan fingerprint density at radius 2 is 2.29 bits per heavy atom. The number of hydrogen-bond donors (Lipinski definition) is 2. The van der Waals surface area contributed by atoms with E-state index in [1.165, 1.54) is 22.1 Å². The number of aromatic nitrogens is 4. The molecule has 0 aliphatic heterocycles. The number of nitrogens with zero attached hydrogens (tertiary/aromatic N) is 4. The maximum absolute atomic E-state index is 12.1. The van der Waals surface area contributed by atoms with Gasteiger partial charge >= 0.3 is 0 Å². The molecule has 3 rings (SSSR count). The first-order chi connectivity index (χ1) is 10.1. The molecule has 0 aromatic carbocycles. The van der Waals surface area contributed by atoms with Gasteiger partial charge in [-0.05, 0) is 34.3 Å². The van der Waals surface area contributed by atoms with Crippen LogP contribution in [0.5, 0.6) is 0 Å². The lowest BCUT2D eigenvalue weighted by atomic mass is 10.3. The van der Waals surface area contributed by atoms with Crippen molar-refractivity contribution >= 4 is 43.3 Å². The summed E-state index contributed by atoms with van der Waals surface area (Å²) in [7, 11) is 0. The van der Waals surface area contributed by atoms with Gasteiger partial charge in [-0.2, -0.15) is 0 Å². The maximum atomic E-state index is 12.1. The van der Waals surface area contributed by atoms with Crippen molar-refractivity contribution in [3.05, 3.63) is 44.1 Å². The highest BCUT2D eigenvalue weighted by atomic mass is 79.9. The van der Waals surface area contributed by atoms with Gasteiger partial charge in [0.05, 0.1) is 11.9 Å². The number of fused-ring (bicyclic) bond motifs is 1. The summed E-state index contributed by atoms with van der Waals surface area (Å²) in [5, 5.41) is 2.78. The SMILES string of the molecule is Cc1ncc(Br)c(=O)n1Cc1nc(NN)c2ccsc2n1. The minimum atomic E-state index is -0.167. The van der Waals surface area contributed by atoms with E-state index in [1.807, 2.05) is 11.4 Å². The fourth-order valence-electron chi connectivity index (χ4n) is 1.96. The second-order valence-corrected chi connectivity index (χ2v) is 6.07. The summed E-state index contributed by atoms with van der Waals surface area (Å²) < 4.78 is 1.92. The zero-order valence-electron chi connectivity index (χ0n) is 11.0. The maximum Gasteiger partial charge on any atom is 0.268 e. The van der Waals surface area contributed by atoms with E-state index in [9.17, 15) is 4.79 Å². The molecule has 0 amide bonds. The first kappa shape index (κ1) is 14.1. The Morgan fingerprint density at radius 3 is 3.05 bits per heavy atom. The molecule has 0 aliphatic carbocycles. The molecule has 108 valence electrons. The molecule has 21 heavy (non-hydrogen) atoms. The summed E-state index contributed by atoms with van der Waals surface area (Å²) in [6.45, 7) is 2.00. The second-order valence-electron chi connectivity index (χ2n) is 4.32. The summed E-state index contributed by atoms with van der Waals surface area (Å²) in [5.41, 5.74) is 2.40. The average molecular weight is 367 g/mol. The third-order valence-electron chi connectivity index (χ3n) is 3.01. The number of halogens is 1. The monoisotopic (exact) mass is 366 g/mol. The van der Waals surface area contributed by atoms with Gasteiger partial charge in [-0.3, -0.25) is 9.36 Å². The van der Waals surface area contributed by atoms with E-state index < -0.39 is 0 Å². The zero-order valence-corrected chi connectivity index (χ0v) is 13.4. The first-order valence-corrected chi connectivity index (χ1v) is 7.70. The highest BCUT2D eigenvalue weighted by Crippen LogP contribution is 2.24. The summed E-state index contributed by atoms with van der Waals surface area (Å²) in [6.07, 6.45) is 1.49. The number of hydrogen-bond acceptors (Lipinski definition) is 7. The lowest BCUT2D eigenvalue weighted by Crippen LogP contribution is -2.25. The van der Waals surface area contributed by atoms with E-state index in [2.05, 4.69) is 36.3 Å². The molecule has 9 heteroatoms. The molecular formula is C12H11BrN6OS. The predicted molar refractivity (Wildman–Crippen MR) is 85.3 cm³/mol. The Kier molecular flexibility index (Phi) is 3.70. The molecule has 0 spiro atoms.